The number of aromatic nitrogens is 3. The predicted molar refractivity (Wildman–Crippen MR) is 87.0 cm³/mol. The second kappa shape index (κ2) is 7.04. The monoisotopic (exact) mass is 351 g/mol. The van der Waals surface area contributed by atoms with Gasteiger partial charge < -0.3 is 15.3 Å². The topological polar surface area (TPSA) is 99.8 Å². The first-order chi connectivity index (χ1) is 11.5. The highest BCUT2D eigenvalue weighted by Crippen LogP contribution is 2.17. The van der Waals surface area contributed by atoms with Crippen molar-refractivity contribution in [1.29, 1.82) is 0 Å². The number of halogens is 1. The summed E-state index contributed by atoms with van der Waals surface area (Å²) in [4.78, 5) is 29.0. The van der Waals surface area contributed by atoms with Gasteiger partial charge in [0.15, 0.2) is 5.65 Å². The van der Waals surface area contributed by atoms with Gasteiger partial charge in [-0.25, -0.2) is 14.3 Å². The molecule has 1 aliphatic heterocycles. The minimum Gasteiger partial charge on any atom is -0.481 e. The Bertz CT molecular complexity index is 763. The van der Waals surface area contributed by atoms with Crippen LogP contribution in [0, 0.1) is 5.92 Å². The Morgan fingerprint density at radius 3 is 3.04 bits per heavy atom. The predicted octanol–water partition coefficient (Wildman–Crippen LogP) is 1.43. The number of piperidine rings is 1. The summed E-state index contributed by atoms with van der Waals surface area (Å²) in [5.41, 5.74) is 1.52. The fourth-order valence-electron chi connectivity index (χ4n) is 2.80. The van der Waals surface area contributed by atoms with E-state index in [1.807, 2.05) is 6.20 Å². The van der Waals surface area contributed by atoms with Crippen LogP contribution in [0.15, 0.2) is 18.6 Å². The average molecular weight is 352 g/mol. The van der Waals surface area contributed by atoms with E-state index in [9.17, 15) is 9.59 Å². The molecule has 2 aromatic rings. The number of fused-ring (bicyclic) bond motifs is 1. The smallest absolute Gasteiger partial charge is 0.317 e. The summed E-state index contributed by atoms with van der Waals surface area (Å²) in [5.74, 6) is -1.31. The third-order valence-electron chi connectivity index (χ3n) is 4.11. The van der Waals surface area contributed by atoms with Crippen LogP contribution < -0.4 is 5.32 Å². The van der Waals surface area contributed by atoms with Crippen LogP contribution in [0.3, 0.4) is 0 Å². The van der Waals surface area contributed by atoms with Crippen LogP contribution in [0.5, 0.6) is 0 Å². The molecule has 1 unspecified atom stereocenters. The first kappa shape index (κ1) is 16.5. The van der Waals surface area contributed by atoms with E-state index in [-0.39, 0.29) is 12.6 Å². The van der Waals surface area contributed by atoms with Gasteiger partial charge in [-0.2, -0.15) is 5.10 Å². The van der Waals surface area contributed by atoms with Gasteiger partial charge in [-0.3, -0.25) is 4.79 Å². The van der Waals surface area contributed by atoms with Crippen LogP contribution in [0.25, 0.3) is 5.65 Å². The molecule has 0 aromatic carbocycles. The molecule has 0 bridgehead atoms. The number of nitrogens with one attached hydrogen (secondary N) is 1. The quantitative estimate of drug-likeness (QED) is 0.868. The molecule has 0 spiro atoms. The van der Waals surface area contributed by atoms with Crippen LogP contribution in [-0.4, -0.2) is 56.2 Å². The van der Waals surface area contributed by atoms with Crippen LogP contribution in [0.1, 0.15) is 18.4 Å². The number of nitrogens with zero attached hydrogens (tertiary/aromatic N) is 4. The fraction of sp³-hybridized carbons (Fsp3) is 0.467. The summed E-state index contributed by atoms with van der Waals surface area (Å²) >= 11 is 5.94. The number of carbonyl (C=O) groups is 2. The van der Waals surface area contributed by atoms with Gasteiger partial charge in [0.25, 0.3) is 0 Å². The highest BCUT2D eigenvalue weighted by Gasteiger charge is 2.27. The lowest BCUT2D eigenvalue weighted by atomic mass is 9.99. The number of carboxylic acids is 1. The number of hydrogen-bond donors (Lipinski definition) is 2. The molecule has 3 rings (SSSR count). The third-order valence-corrected chi connectivity index (χ3v) is 4.38. The summed E-state index contributed by atoms with van der Waals surface area (Å²) in [5, 5.41) is 16.5. The first-order valence-electron chi connectivity index (χ1n) is 7.78. The number of amides is 2. The van der Waals surface area contributed by atoms with E-state index in [1.54, 1.807) is 15.6 Å². The highest BCUT2D eigenvalue weighted by atomic mass is 35.5. The largest absolute Gasteiger partial charge is 0.481 e. The van der Waals surface area contributed by atoms with E-state index in [0.29, 0.717) is 43.0 Å². The van der Waals surface area contributed by atoms with Crippen molar-refractivity contribution < 1.29 is 14.7 Å². The molecule has 0 aliphatic carbocycles. The molecular formula is C15H18ClN5O3. The molecule has 128 valence electrons. The van der Waals surface area contributed by atoms with Crippen molar-refractivity contribution in [3.63, 3.8) is 0 Å². The average Bonchev–Trinajstić information content (AvgIpc) is 2.95. The maximum Gasteiger partial charge on any atom is 0.317 e. The van der Waals surface area contributed by atoms with Gasteiger partial charge in [0, 0.05) is 32.0 Å². The van der Waals surface area contributed by atoms with Crippen molar-refractivity contribution in [2.75, 3.05) is 19.6 Å². The number of urea groups is 1. The van der Waals surface area contributed by atoms with Crippen LogP contribution in [0.2, 0.25) is 5.02 Å². The van der Waals surface area contributed by atoms with Gasteiger partial charge >= 0.3 is 12.0 Å². The molecule has 9 heteroatoms. The Morgan fingerprint density at radius 1 is 1.42 bits per heavy atom. The van der Waals surface area contributed by atoms with Gasteiger partial charge in [-0.05, 0) is 24.8 Å². The Labute approximate surface area is 143 Å². The number of aliphatic carboxylic acids is 1. The molecule has 2 N–H and O–H groups in total. The van der Waals surface area contributed by atoms with Crippen molar-refractivity contribution in [1.82, 2.24) is 24.8 Å². The van der Waals surface area contributed by atoms with E-state index in [4.69, 9.17) is 16.7 Å². The van der Waals surface area contributed by atoms with Gasteiger partial charge in [0.1, 0.15) is 5.02 Å². The van der Waals surface area contributed by atoms with Crippen LogP contribution >= 0.6 is 11.6 Å². The fourth-order valence-corrected chi connectivity index (χ4v) is 2.98. The summed E-state index contributed by atoms with van der Waals surface area (Å²) in [6, 6.07) is -0.225. The van der Waals surface area contributed by atoms with Crippen LogP contribution in [0.4, 0.5) is 4.79 Å². The number of carbonyl (C=O) groups excluding carboxylic acids is 1. The minimum atomic E-state index is -0.843. The molecule has 1 saturated heterocycles. The molecule has 1 fully saturated rings. The van der Waals surface area contributed by atoms with Gasteiger partial charge in [0.05, 0.1) is 12.1 Å². The first-order valence-corrected chi connectivity index (χ1v) is 8.15. The van der Waals surface area contributed by atoms with Crippen molar-refractivity contribution in [3.8, 4) is 0 Å². The Hall–Kier alpha value is -2.35. The summed E-state index contributed by atoms with van der Waals surface area (Å²) in [6.45, 7) is 1.30. The van der Waals surface area contributed by atoms with E-state index in [0.717, 1.165) is 5.56 Å². The molecule has 2 aromatic heterocycles. The normalized spacial score (nSPS) is 17.9. The molecule has 24 heavy (non-hydrogen) atoms. The second-order valence-corrected chi connectivity index (χ2v) is 6.24. The maximum atomic E-state index is 12.1. The van der Waals surface area contributed by atoms with Crippen molar-refractivity contribution in [2.45, 2.75) is 19.3 Å². The molecule has 8 nitrogen and oxygen atoms in total. The number of carboxylic acid groups (broad SMARTS) is 1. The number of likely N-dealkylation sites (tertiary alicyclic amines) is 1. The van der Waals surface area contributed by atoms with E-state index >= 15 is 0 Å². The summed E-state index contributed by atoms with van der Waals surface area (Å²) in [7, 11) is 0. The number of hydrogen-bond acceptors (Lipinski definition) is 4. The zero-order valence-corrected chi connectivity index (χ0v) is 13.7. The lowest BCUT2D eigenvalue weighted by Crippen LogP contribution is -2.47. The molecule has 1 aliphatic rings. The molecule has 0 radical (unpaired) electrons. The SMILES string of the molecule is O=C(O)C1CCCN(C(=O)NCCc2cnc3c(Cl)cnn3c2)C1. The van der Waals surface area contributed by atoms with Gasteiger partial charge in [-0.15, -0.1) is 0 Å². The lowest BCUT2D eigenvalue weighted by Gasteiger charge is -2.30. The zero-order chi connectivity index (χ0) is 17.1. The molecule has 3 heterocycles. The minimum absolute atomic E-state index is 0.225. The highest BCUT2D eigenvalue weighted by molar-refractivity contribution is 6.33. The van der Waals surface area contributed by atoms with Crippen molar-refractivity contribution in [2.24, 2.45) is 5.92 Å². The molecule has 1 atom stereocenters. The number of rotatable bonds is 4. The van der Waals surface area contributed by atoms with E-state index < -0.39 is 11.9 Å². The Balaban J connectivity index is 1.51. The zero-order valence-electron chi connectivity index (χ0n) is 13.0. The maximum absolute atomic E-state index is 12.1. The lowest BCUT2D eigenvalue weighted by molar-refractivity contribution is -0.143. The summed E-state index contributed by atoms with van der Waals surface area (Å²) < 4.78 is 1.60. The van der Waals surface area contributed by atoms with Crippen molar-refractivity contribution >= 4 is 29.2 Å². The van der Waals surface area contributed by atoms with Crippen molar-refractivity contribution in [3.05, 3.63) is 29.2 Å². The van der Waals surface area contributed by atoms with Gasteiger partial charge in [0.2, 0.25) is 0 Å². The van der Waals surface area contributed by atoms with E-state index in [2.05, 4.69) is 15.4 Å². The Morgan fingerprint density at radius 2 is 2.25 bits per heavy atom. The molecule has 2 amide bonds. The van der Waals surface area contributed by atoms with Gasteiger partial charge in [-0.1, -0.05) is 11.6 Å². The third kappa shape index (κ3) is 3.59. The van der Waals surface area contributed by atoms with Crippen LogP contribution in [-0.2, 0) is 11.2 Å². The standard InChI is InChI=1S/C15H18ClN5O3/c16-12-7-19-21-8-10(6-18-13(12)21)3-4-17-15(24)20-5-1-2-11(9-20)14(22)23/h6-8,11H,1-5,9H2,(H,17,24)(H,22,23). The second-order valence-electron chi connectivity index (χ2n) is 5.83. The molecular weight excluding hydrogens is 334 g/mol. The summed E-state index contributed by atoms with van der Waals surface area (Å²) in [6.07, 6.45) is 6.99. The van der Waals surface area contributed by atoms with E-state index in [1.165, 1.54) is 6.20 Å². The molecule has 0 saturated carbocycles. The Kier molecular flexibility index (Phi) is 4.84.